The van der Waals surface area contributed by atoms with Gasteiger partial charge in [-0.05, 0) is 51.3 Å². The summed E-state index contributed by atoms with van der Waals surface area (Å²) in [7, 11) is 3.29. The lowest BCUT2D eigenvalue weighted by atomic mass is 9.99. The molecule has 0 aliphatic carbocycles. The van der Waals surface area contributed by atoms with E-state index in [0.717, 1.165) is 27.1 Å². The first kappa shape index (κ1) is 14.8. The van der Waals surface area contributed by atoms with Crippen molar-refractivity contribution < 1.29 is 9.47 Å². The van der Waals surface area contributed by atoms with Gasteiger partial charge in [-0.3, -0.25) is 5.84 Å². The van der Waals surface area contributed by atoms with Crippen LogP contribution < -0.4 is 20.7 Å². The third kappa shape index (κ3) is 3.12. The highest BCUT2D eigenvalue weighted by Crippen LogP contribution is 2.31. The minimum atomic E-state index is -0.118. The van der Waals surface area contributed by atoms with E-state index in [1.165, 1.54) is 0 Å². The molecule has 20 heavy (non-hydrogen) atoms. The van der Waals surface area contributed by atoms with Crippen LogP contribution in [-0.4, -0.2) is 14.2 Å². The van der Waals surface area contributed by atoms with Gasteiger partial charge in [-0.15, -0.1) is 0 Å². The first-order valence-corrected chi connectivity index (χ1v) is 6.92. The first-order chi connectivity index (χ1) is 9.69. The summed E-state index contributed by atoms with van der Waals surface area (Å²) in [6.07, 6.45) is 0. The Kier molecular flexibility index (Phi) is 5.00. The minimum Gasteiger partial charge on any atom is -0.497 e. The van der Waals surface area contributed by atoms with E-state index >= 15 is 0 Å². The number of benzene rings is 2. The summed E-state index contributed by atoms with van der Waals surface area (Å²) in [6.45, 7) is 0. The van der Waals surface area contributed by atoms with E-state index < -0.39 is 0 Å². The molecule has 4 nitrogen and oxygen atoms in total. The molecule has 0 saturated carbocycles. The van der Waals surface area contributed by atoms with Gasteiger partial charge in [0.1, 0.15) is 11.5 Å². The number of halogens is 1. The standard InChI is InChI=1S/C15H17BrN2O2/c1-19-12-5-3-4-10(8-12)15(18-17)11-6-7-14(20-2)13(16)9-11/h3-9,15,18H,17H2,1-2H3. The maximum absolute atomic E-state index is 5.71. The van der Waals surface area contributed by atoms with Crippen molar-refractivity contribution in [3.63, 3.8) is 0 Å². The second-order valence-electron chi connectivity index (χ2n) is 4.27. The summed E-state index contributed by atoms with van der Waals surface area (Å²) in [6, 6.07) is 13.6. The lowest BCUT2D eigenvalue weighted by Gasteiger charge is -2.18. The summed E-state index contributed by atoms with van der Waals surface area (Å²) < 4.78 is 11.4. The Balaban J connectivity index is 2.38. The topological polar surface area (TPSA) is 56.5 Å². The number of methoxy groups -OCH3 is 2. The van der Waals surface area contributed by atoms with Crippen molar-refractivity contribution in [2.24, 2.45) is 5.84 Å². The SMILES string of the molecule is COc1cccc(C(NN)c2ccc(OC)c(Br)c2)c1. The van der Waals surface area contributed by atoms with Crippen molar-refractivity contribution in [1.29, 1.82) is 0 Å². The van der Waals surface area contributed by atoms with Crippen LogP contribution in [0.15, 0.2) is 46.9 Å². The van der Waals surface area contributed by atoms with E-state index in [1.807, 2.05) is 42.5 Å². The van der Waals surface area contributed by atoms with Gasteiger partial charge in [0.25, 0.3) is 0 Å². The van der Waals surface area contributed by atoms with Crippen molar-refractivity contribution in [2.45, 2.75) is 6.04 Å². The first-order valence-electron chi connectivity index (χ1n) is 6.13. The molecule has 0 aliphatic heterocycles. The Labute approximate surface area is 127 Å². The average Bonchev–Trinajstić information content (AvgIpc) is 2.48. The van der Waals surface area contributed by atoms with E-state index in [9.17, 15) is 0 Å². The van der Waals surface area contributed by atoms with Crippen molar-refractivity contribution in [1.82, 2.24) is 5.43 Å². The van der Waals surface area contributed by atoms with E-state index in [1.54, 1.807) is 14.2 Å². The second-order valence-corrected chi connectivity index (χ2v) is 5.12. The number of hydrogen-bond donors (Lipinski definition) is 2. The molecule has 2 aromatic rings. The zero-order valence-electron chi connectivity index (χ0n) is 11.4. The summed E-state index contributed by atoms with van der Waals surface area (Å²) in [5.41, 5.74) is 4.90. The third-order valence-electron chi connectivity index (χ3n) is 3.10. The predicted octanol–water partition coefficient (Wildman–Crippen LogP) is 3.02. The molecule has 0 radical (unpaired) electrons. The molecule has 1 unspecified atom stereocenters. The molecule has 3 N–H and O–H groups in total. The number of nitrogens with one attached hydrogen (secondary N) is 1. The lowest BCUT2D eigenvalue weighted by Crippen LogP contribution is -2.28. The zero-order valence-corrected chi connectivity index (χ0v) is 13.0. The third-order valence-corrected chi connectivity index (χ3v) is 3.72. The zero-order chi connectivity index (χ0) is 14.5. The van der Waals surface area contributed by atoms with Gasteiger partial charge in [0.2, 0.25) is 0 Å². The van der Waals surface area contributed by atoms with E-state index in [4.69, 9.17) is 15.3 Å². The fraction of sp³-hybridized carbons (Fsp3) is 0.200. The molecule has 0 aliphatic rings. The highest BCUT2D eigenvalue weighted by atomic mass is 79.9. The molecular formula is C15H17BrN2O2. The van der Waals surface area contributed by atoms with Crippen LogP contribution in [0.2, 0.25) is 0 Å². The van der Waals surface area contributed by atoms with Gasteiger partial charge in [0.05, 0.1) is 24.7 Å². The van der Waals surface area contributed by atoms with Gasteiger partial charge in [-0.2, -0.15) is 0 Å². The van der Waals surface area contributed by atoms with Crippen LogP contribution in [0.5, 0.6) is 11.5 Å². The Hall–Kier alpha value is -1.56. The molecule has 2 aromatic carbocycles. The summed E-state index contributed by atoms with van der Waals surface area (Å²) in [4.78, 5) is 0. The highest BCUT2D eigenvalue weighted by molar-refractivity contribution is 9.10. The Bertz CT molecular complexity index is 590. The number of ether oxygens (including phenoxy) is 2. The summed E-state index contributed by atoms with van der Waals surface area (Å²) in [5, 5.41) is 0. The highest BCUT2D eigenvalue weighted by Gasteiger charge is 2.14. The van der Waals surface area contributed by atoms with Gasteiger partial charge in [-0.1, -0.05) is 18.2 Å². The quantitative estimate of drug-likeness (QED) is 0.651. The summed E-state index contributed by atoms with van der Waals surface area (Å²) >= 11 is 3.49. The molecule has 0 spiro atoms. The van der Waals surface area contributed by atoms with Crippen LogP contribution in [0.3, 0.4) is 0 Å². The molecule has 0 aromatic heterocycles. The van der Waals surface area contributed by atoms with Gasteiger partial charge < -0.3 is 9.47 Å². The largest absolute Gasteiger partial charge is 0.497 e. The Morgan fingerprint density at radius 3 is 2.40 bits per heavy atom. The number of hydrazine groups is 1. The van der Waals surface area contributed by atoms with Gasteiger partial charge in [0, 0.05) is 0 Å². The van der Waals surface area contributed by atoms with Gasteiger partial charge >= 0.3 is 0 Å². The molecule has 106 valence electrons. The van der Waals surface area contributed by atoms with Crippen molar-refractivity contribution >= 4 is 15.9 Å². The molecule has 0 bridgehead atoms. The maximum Gasteiger partial charge on any atom is 0.133 e. The van der Waals surface area contributed by atoms with Crippen LogP contribution >= 0.6 is 15.9 Å². The molecule has 0 heterocycles. The van der Waals surface area contributed by atoms with Crippen molar-refractivity contribution in [3.05, 3.63) is 58.1 Å². The van der Waals surface area contributed by atoms with E-state index in [-0.39, 0.29) is 6.04 Å². The average molecular weight is 337 g/mol. The van der Waals surface area contributed by atoms with Crippen LogP contribution in [0.25, 0.3) is 0 Å². The minimum absolute atomic E-state index is 0.118. The Morgan fingerprint density at radius 1 is 1.05 bits per heavy atom. The fourth-order valence-corrected chi connectivity index (χ4v) is 2.63. The molecule has 5 heteroatoms. The van der Waals surface area contributed by atoms with Gasteiger partial charge in [-0.25, -0.2) is 5.43 Å². The predicted molar refractivity (Wildman–Crippen MR) is 82.9 cm³/mol. The monoisotopic (exact) mass is 336 g/mol. The lowest BCUT2D eigenvalue weighted by molar-refractivity contribution is 0.411. The van der Waals surface area contributed by atoms with E-state index in [0.29, 0.717) is 0 Å². The molecular weight excluding hydrogens is 320 g/mol. The molecule has 1 atom stereocenters. The van der Waals surface area contributed by atoms with E-state index in [2.05, 4.69) is 21.4 Å². The smallest absolute Gasteiger partial charge is 0.133 e. The van der Waals surface area contributed by atoms with Crippen LogP contribution in [-0.2, 0) is 0 Å². The van der Waals surface area contributed by atoms with Crippen molar-refractivity contribution in [3.8, 4) is 11.5 Å². The molecule has 0 amide bonds. The van der Waals surface area contributed by atoms with Crippen LogP contribution in [0.4, 0.5) is 0 Å². The molecule has 0 fully saturated rings. The fourth-order valence-electron chi connectivity index (χ4n) is 2.07. The summed E-state index contributed by atoms with van der Waals surface area (Å²) in [5.74, 6) is 7.30. The normalized spacial score (nSPS) is 12.0. The molecule has 0 saturated heterocycles. The number of rotatable bonds is 5. The maximum atomic E-state index is 5.71. The van der Waals surface area contributed by atoms with Crippen LogP contribution in [0.1, 0.15) is 17.2 Å². The second kappa shape index (κ2) is 6.74. The number of nitrogens with two attached hydrogens (primary N) is 1. The number of hydrogen-bond acceptors (Lipinski definition) is 4. The van der Waals surface area contributed by atoms with Crippen LogP contribution in [0, 0.1) is 0 Å². The molecule has 2 rings (SSSR count). The Morgan fingerprint density at radius 2 is 1.80 bits per heavy atom. The van der Waals surface area contributed by atoms with Gasteiger partial charge in [0.15, 0.2) is 0 Å². The van der Waals surface area contributed by atoms with Crippen molar-refractivity contribution in [2.75, 3.05) is 14.2 Å².